The smallest absolute Gasteiger partial charge is 0.219 e. The molecule has 0 aromatic heterocycles. The normalized spacial score (nSPS) is 12.6. The van der Waals surface area contributed by atoms with Crippen LogP contribution in [0.5, 0.6) is 0 Å². The van der Waals surface area contributed by atoms with Crippen LogP contribution >= 0.6 is 0 Å². The van der Waals surface area contributed by atoms with Crippen molar-refractivity contribution in [2.45, 2.75) is 116 Å². The Labute approximate surface area is 157 Å². The first kappa shape index (κ1) is 24.2. The Hall–Kier alpha value is -0.830. The zero-order valence-corrected chi connectivity index (χ0v) is 17.0. The molecule has 0 spiro atoms. The summed E-state index contributed by atoms with van der Waals surface area (Å²) in [6, 6.07) is 0.167. The number of hydrogen-bond donors (Lipinski definition) is 2. The fraction of sp³-hybridized carbons (Fsp3) is 0.864. The molecule has 1 amide bonds. The van der Waals surface area contributed by atoms with Crippen LogP contribution in [0.4, 0.5) is 0 Å². The van der Waals surface area contributed by atoms with Crippen molar-refractivity contribution >= 4 is 5.91 Å². The summed E-state index contributed by atoms with van der Waals surface area (Å²) in [4.78, 5) is 11.6. The highest BCUT2D eigenvalue weighted by atomic mass is 16.1. The third-order valence-corrected chi connectivity index (χ3v) is 4.59. The first-order valence-electron chi connectivity index (χ1n) is 10.8. The zero-order chi connectivity index (χ0) is 18.6. The van der Waals surface area contributed by atoms with Gasteiger partial charge >= 0.3 is 0 Å². The van der Waals surface area contributed by atoms with Crippen molar-refractivity contribution in [2.75, 3.05) is 6.54 Å². The highest BCUT2D eigenvalue weighted by molar-refractivity contribution is 5.75. The molecule has 0 saturated carbocycles. The van der Waals surface area contributed by atoms with Gasteiger partial charge < -0.3 is 11.1 Å². The van der Waals surface area contributed by atoms with Crippen molar-refractivity contribution in [3.8, 4) is 0 Å². The molecular formula is C22H44N2O. The van der Waals surface area contributed by atoms with Gasteiger partial charge in [-0.3, -0.25) is 4.79 Å². The minimum absolute atomic E-state index is 0.167. The molecule has 1 atom stereocenters. The van der Waals surface area contributed by atoms with E-state index in [2.05, 4.69) is 24.4 Å². The zero-order valence-electron chi connectivity index (χ0n) is 17.0. The van der Waals surface area contributed by atoms with Crippen LogP contribution in [0.25, 0.3) is 0 Å². The Balaban J connectivity index is 3.20. The number of rotatable bonds is 18. The van der Waals surface area contributed by atoms with Crippen molar-refractivity contribution in [2.24, 2.45) is 5.73 Å². The van der Waals surface area contributed by atoms with E-state index in [4.69, 9.17) is 5.73 Å². The van der Waals surface area contributed by atoms with Crippen molar-refractivity contribution in [3.05, 3.63) is 12.2 Å². The molecule has 3 N–H and O–H groups in total. The number of amides is 1. The number of allylic oxidation sites excluding steroid dienone is 2. The summed E-state index contributed by atoms with van der Waals surface area (Å²) in [6.07, 6.45) is 23.0. The number of carbonyl (C=O) groups excluding carboxylic acids is 1. The van der Waals surface area contributed by atoms with Gasteiger partial charge in [0.1, 0.15) is 0 Å². The van der Waals surface area contributed by atoms with Gasteiger partial charge in [0, 0.05) is 19.0 Å². The molecule has 0 aliphatic heterocycles. The fourth-order valence-corrected chi connectivity index (χ4v) is 2.88. The lowest BCUT2D eigenvalue weighted by Crippen LogP contribution is -2.28. The van der Waals surface area contributed by atoms with Crippen LogP contribution in [0.2, 0.25) is 0 Å². The van der Waals surface area contributed by atoms with Crippen LogP contribution < -0.4 is 11.1 Å². The van der Waals surface area contributed by atoms with E-state index in [0.29, 0.717) is 13.0 Å². The summed E-state index contributed by atoms with van der Waals surface area (Å²) in [5.41, 5.74) is 5.66. The van der Waals surface area contributed by atoms with Crippen LogP contribution in [-0.2, 0) is 4.79 Å². The molecule has 0 rings (SSSR count). The van der Waals surface area contributed by atoms with Gasteiger partial charge in [0.05, 0.1) is 0 Å². The Morgan fingerprint density at radius 1 is 0.880 bits per heavy atom. The standard InChI is InChI=1S/C22H44N2O/c1-3-4-5-6-7-8-9-10-11-12-13-14-15-16-17-18-22(25)24-20-19-21(2)23/h10-11,21H,3-9,12-20,23H2,1-2H3,(H,24,25). The second-order valence-corrected chi connectivity index (χ2v) is 7.45. The largest absolute Gasteiger partial charge is 0.356 e. The van der Waals surface area contributed by atoms with Crippen molar-refractivity contribution in [3.63, 3.8) is 0 Å². The molecule has 0 bridgehead atoms. The Morgan fingerprint density at radius 3 is 1.96 bits per heavy atom. The van der Waals surface area contributed by atoms with E-state index in [1.165, 1.54) is 77.0 Å². The molecule has 3 nitrogen and oxygen atoms in total. The topological polar surface area (TPSA) is 55.1 Å². The average Bonchev–Trinajstić information content (AvgIpc) is 2.58. The highest BCUT2D eigenvalue weighted by Gasteiger charge is 2.01. The molecule has 25 heavy (non-hydrogen) atoms. The van der Waals surface area contributed by atoms with Gasteiger partial charge in [0.15, 0.2) is 0 Å². The van der Waals surface area contributed by atoms with E-state index in [9.17, 15) is 4.79 Å². The summed E-state index contributed by atoms with van der Waals surface area (Å²) < 4.78 is 0. The van der Waals surface area contributed by atoms with Crippen molar-refractivity contribution in [1.82, 2.24) is 5.32 Å². The fourth-order valence-electron chi connectivity index (χ4n) is 2.88. The molecule has 148 valence electrons. The lowest BCUT2D eigenvalue weighted by atomic mass is 10.1. The summed E-state index contributed by atoms with van der Waals surface area (Å²) in [7, 11) is 0. The van der Waals surface area contributed by atoms with Crippen LogP contribution in [-0.4, -0.2) is 18.5 Å². The summed E-state index contributed by atoms with van der Waals surface area (Å²) in [5.74, 6) is 0.179. The van der Waals surface area contributed by atoms with Gasteiger partial charge in [-0.1, -0.05) is 70.4 Å². The molecule has 0 radical (unpaired) electrons. The molecule has 0 saturated heterocycles. The number of unbranched alkanes of at least 4 members (excludes halogenated alkanes) is 11. The summed E-state index contributed by atoms with van der Waals surface area (Å²) >= 11 is 0. The van der Waals surface area contributed by atoms with E-state index in [1.807, 2.05) is 6.92 Å². The van der Waals surface area contributed by atoms with Crippen LogP contribution in [0.15, 0.2) is 12.2 Å². The summed E-state index contributed by atoms with van der Waals surface area (Å²) in [6.45, 7) is 4.95. The first-order chi connectivity index (χ1) is 12.2. The predicted molar refractivity (Wildman–Crippen MR) is 111 cm³/mol. The number of carbonyl (C=O) groups is 1. The second kappa shape index (κ2) is 19.5. The van der Waals surface area contributed by atoms with Crippen LogP contribution in [0.1, 0.15) is 110 Å². The quantitative estimate of drug-likeness (QED) is 0.239. The lowest BCUT2D eigenvalue weighted by Gasteiger charge is -2.07. The molecular weight excluding hydrogens is 308 g/mol. The van der Waals surface area contributed by atoms with Crippen molar-refractivity contribution < 1.29 is 4.79 Å². The van der Waals surface area contributed by atoms with Crippen LogP contribution in [0.3, 0.4) is 0 Å². The third-order valence-electron chi connectivity index (χ3n) is 4.59. The molecule has 0 aliphatic carbocycles. The Kier molecular flexibility index (Phi) is 18.8. The minimum Gasteiger partial charge on any atom is -0.356 e. The summed E-state index contributed by atoms with van der Waals surface area (Å²) in [5, 5.41) is 2.94. The molecule has 0 aromatic rings. The molecule has 0 aliphatic rings. The van der Waals surface area contributed by atoms with E-state index >= 15 is 0 Å². The van der Waals surface area contributed by atoms with Gasteiger partial charge in [0.2, 0.25) is 5.91 Å². The van der Waals surface area contributed by atoms with Gasteiger partial charge in [-0.15, -0.1) is 0 Å². The van der Waals surface area contributed by atoms with E-state index in [0.717, 1.165) is 12.8 Å². The van der Waals surface area contributed by atoms with E-state index in [-0.39, 0.29) is 11.9 Å². The lowest BCUT2D eigenvalue weighted by molar-refractivity contribution is -0.121. The second-order valence-electron chi connectivity index (χ2n) is 7.45. The SMILES string of the molecule is CCCCCCCCC=CCCCCCCCC(=O)NCCC(C)N. The van der Waals surface area contributed by atoms with E-state index < -0.39 is 0 Å². The molecule has 3 heteroatoms. The van der Waals surface area contributed by atoms with Gasteiger partial charge in [0.25, 0.3) is 0 Å². The maximum atomic E-state index is 11.6. The Bertz CT molecular complexity index is 313. The van der Waals surface area contributed by atoms with Gasteiger partial charge in [-0.2, -0.15) is 0 Å². The van der Waals surface area contributed by atoms with E-state index in [1.54, 1.807) is 0 Å². The maximum Gasteiger partial charge on any atom is 0.219 e. The molecule has 0 heterocycles. The predicted octanol–water partition coefficient (Wildman–Crippen LogP) is 5.88. The average molecular weight is 353 g/mol. The van der Waals surface area contributed by atoms with Crippen molar-refractivity contribution in [1.29, 1.82) is 0 Å². The Morgan fingerprint density at radius 2 is 1.40 bits per heavy atom. The maximum absolute atomic E-state index is 11.6. The van der Waals surface area contributed by atoms with Crippen LogP contribution in [0, 0.1) is 0 Å². The third kappa shape index (κ3) is 21.1. The molecule has 1 unspecified atom stereocenters. The molecule has 0 aromatic carbocycles. The number of nitrogens with two attached hydrogens (primary N) is 1. The number of hydrogen-bond acceptors (Lipinski definition) is 2. The van der Waals surface area contributed by atoms with Gasteiger partial charge in [-0.05, 0) is 45.4 Å². The first-order valence-corrected chi connectivity index (χ1v) is 10.8. The molecule has 0 fully saturated rings. The number of nitrogens with one attached hydrogen (secondary N) is 1. The monoisotopic (exact) mass is 352 g/mol. The highest BCUT2D eigenvalue weighted by Crippen LogP contribution is 2.09. The van der Waals surface area contributed by atoms with Gasteiger partial charge in [-0.25, -0.2) is 0 Å². The minimum atomic E-state index is 0.167.